The maximum absolute atomic E-state index is 12.3. The third-order valence-electron chi connectivity index (χ3n) is 3.10. The van der Waals surface area contributed by atoms with Crippen LogP contribution in [0.15, 0.2) is 29.6 Å². The van der Waals surface area contributed by atoms with E-state index >= 15 is 0 Å². The van der Waals surface area contributed by atoms with Crippen LogP contribution in [-0.2, 0) is 11.2 Å². The summed E-state index contributed by atoms with van der Waals surface area (Å²) >= 11 is 5.48. The smallest absolute Gasteiger partial charge is 0.151 e. The van der Waals surface area contributed by atoms with E-state index in [2.05, 4.69) is 23.6 Å². The van der Waals surface area contributed by atoms with Gasteiger partial charge in [0, 0.05) is 28.4 Å². The lowest BCUT2D eigenvalue weighted by atomic mass is 10.1. The van der Waals surface area contributed by atoms with Crippen molar-refractivity contribution in [2.45, 2.75) is 11.7 Å². The Morgan fingerprint density at radius 1 is 1.28 bits per heavy atom. The molecule has 2 heterocycles. The second-order valence-electron chi connectivity index (χ2n) is 4.33. The van der Waals surface area contributed by atoms with Crippen molar-refractivity contribution in [2.24, 2.45) is 0 Å². The molecule has 1 fully saturated rings. The quantitative estimate of drug-likeness (QED) is 0.855. The Balaban J connectivity index is 1.77. The van der Waals surface area contributed by atoms with E-state index in [1.54, 1.807) is 11.3 Å². The molecule has 1 unspecified atom stereocenters. The van der Waals surface area contributed by atoms with Crippen molar-refractivity contribution in [2.75, 3.05) is 17.3 Å². The first-order valence-corrected chi connectivity index (χ1v) is 9.10. The first kappa shape index (κ1) is 12.6. The van der Waals surface area contributed by atoms with E-state index in [0.717, 1.165) is 11.5 Å². The third-order valence-corrected chi connectivity index (χ3v) is 6.92. The third kappa shape index (κ3) is 2.60. The van der Waals surface area contributed by atoms with Crippen LogP contribution >= 0.6 is 34.9 Å². The minimum atomic E-state index is 0.211. The molecular formula is C14H14OS3. The van der Waals surface area contributed by atoms with Crippen LogP contribution in [0, 0.1) is 0 Å². The van der Waals surface area contributed by atoms with Crippen LogP contribution in [0.25, 0.3) is 10.1 Å². The van der Waals surface area contributed by atoms with Crippen LogP contribution < -0.4 is 0 Å². The Labute approximate surface area is 119 Å². The van der Waals surface area contributed by atoms with Crippen LogP contribution in [0.2, 0.25) is 0 Å². The van der Waals surface area contributed by atoms with E-state index in [1.165, 1.54) is 21.4 Å². The first-order valence-electron chi connectivity index (χ1n) is 6.02. The van der Waals surface area contributed by atoms with Gasteiger partial charge in [-0.05, 0) is 22.4 Å². The number of hydrogen-bond acceptors (Lipinski definition) is 4. The summed E-state index contributed by atoms with van der Waals surface area (Å²) in [6.45, 7) is 0. The number of carbonyl (C=O) groups is 1. The molecule has 0 spiro atoms. The van der Waals surface area contributed by atoms with Gasteiger partial charge in [-0.15, -0.1) is 23.1 Å². The highest BCUT2D eigenvalue weighted by Gasteiger charge is 2.22. The normalized spacial score (nSPS) is 20.1. The van der Waals surface area contributed by atoms with Crippen molar-refractivity contribution in [1.29, 1.82) is 0 Å². The van der Waals surface area contributed by atoms with Crippen LogP contribution in [-0.4, -0.2) is 28.3 Å². The lowest BCUT2D eigenvalue weighted by Crippen LogP contribution is -2.25. The van der Waals surface area contributed by atoms with E-state index in [-0.39, 0.29) is 5.25 Å². The van der Waals surface area contributed by atoms with Gasteiger partial charge in [-0.2, -0.15) is 11.8 Å². The standard InChI is InChI=1S/C14H14OS3/c15-12(14-9-16-5-6-17-14)7-10-8-18-13-4-2-1-3-11(10)13/h1-4,8,14H,5-7,9H2. The van der Waals surface area contributed by atoms with Gasteiger partial charge in [-0.3, -0.25) is 4.79 Å². The molecule has 0 aliphatic carbocycles. The van der Waals surface area contributed by atoms with Crippen molar-refractivity contribution in [3.05, 3.63) is 35.2 Å². The molecule has 0 bridgehead atoms. The Morgan fingerprint density at radius 3 is 3.00 bits per heavy atom. The average molecular weight is 294 g/mol. The summed E-state index contributed by atoms with van der Waals surface area (Å²) in [6.07, 6.45) is 0.599. The molecule has 0 N–H and O–H groups in total. The van der Waals surface area contributed by atoms with Gasteiger partial charge in [0.2, 0.25) is 0 Å². The minimum Gasteiger partial charge on any atom is -0.298 e. The Bertz CT molecular complexity index is 555. The summed E-state index contributed by atoms with van der Waals surface area (Å²) in [7, 11) is 0. The molecule has 1 saturated heterocycles. The van der Waals surface area contributed by atoms with Crippen LogP contribution in [0.4, 0.5) is 0 Å². The molecule has 1 atom stereocenters. The highest BCUT2D eigenvalue weighted by Crippen LogP contribution is 2.29. The fraction of sp³-hybridized carbons (Fsp3) is 0.357. The lowest BCUT2D eigenvalue weighted by molar-refractivity contribution is -0.117. The Hall–Kier alpha value is -0.450. The summed E-state index contributed by atoms with van der Waals surface area (Å²) in [5.41, 5.74) is 1.21. The van der Waals surface area contributed by atoms with Gasteiger partial charge in [-0.25, -0.2) is 0 Å². The molecule has 3 rings (SSSR count). The number of Topliss-reactive ketones (excluding diaryl/α,β-unsaturated/α-hetero) is 1. The van der Waals surface area contributed by atoms with Gasteiger partial charge in [-0.1, -0.05) is 18.2 Å². The molecule has 1 aliphatic rings. The molecule has 1 nitrogen and oxygen atoms in total. The van der Waals surface area contributed by atoms with E-state index in [1.807, 2.05) is 29.6 Å². The van der Waals surface area contributed by atoms with Crippen molar-refractivity contribution in [3.8, 4) is 0 Å². The topological polar surface area (TPSA) is 17.1 Å². The van der Waals surface area contributed by atoms with Gasteiger partial charge in [0.15, 0.2) is 5.78 Å². The maximum atomic E-state index is 12.3. The molecule has 0 saturated carbocycles. The molecule has 1 aromatic heterocycles. The van der Waals surface area contributed by atoms with E-state index in [0.29, 0.717) is 12.2 Å². The van der Waals surface area contributed by atoms with Gasteiger partial charge >= 0.3 is 0 Å². The SMILES string of the molecule is O=C(Cc1csc2ccccc12)C1CSCCS1. The van der Waals surface area contributed by atoms with Crippen LogP contribution in [0.3, 0.4) is 0 Å². The molecule has 0 amide bonds. The molecular weight excluding hydrogens is 280 g/mol. The van der Waals surface area contributed by atoms with Crippen LogP contribution in [0.5, 0.6) is 0 Å². The summed E-state index contributed by atoms with van der Waals surface area (Å²) in [6, 6.07) is 8.35. The molecule has 0 radical (unpaired) electrons. The van der Waals surface area contributed by atoms with Gasteiger partial charge in [0.25, 0.3) is 0 Å². The predicted octanol–water partition coefficient (Wildman–Crippen LogP) is 3.86. The fourth-order valence-corrected chi connectivity index (χ4v) is 5.76. The Kier molecular flexibility index (Phi) is 3.97. The lowest BCUT2D eigenvalue weighted by Gasteiger charge is -2.19. The van der Waals surface area contributed by atoms with E-state index in [9.17, 15) is 4.79 Å². The monoisotopic (exact) mass is 294 g/mol. The van der Waals surface area contributed by atoms with Crippen molar-refractivity contribution in [3.63, 3.8) is 0 Å². The molecule has 1 aliphatic heterocycles. The number of rotatable bonds is 3. The first-order chi connectivity index (χ1) is 8.84. The minimum absolute atomic E-state index is 0.211. The second kappa shape index (κ2) is 5.68. The molecule has 2 aromatic rings. The van der Waals surface area contributed by atoms with E-state index < -0.39 is 0 Å². The summed E-state index contributed by atoms with van der Waals surface area (Å²) in [5.74, 6) is 3.70. The summed E-state index contributed by atoms with van der Waals surface area (Å²) < 4.78 is 1.28. The van der Waals surface area contributed by atoms with Gasteiger partial charge in [0.1, 0.15) is 0 Å². The van der Waals surface area contributed by atoms with Gasteiger partial charge in [0.05, 0.1) is 5.25 Å². The number of fused-ring (bicyclic) bond motifs is 1. The predicted molar refractivity (Wildman–Crippen MR) is 84.1 cm³/mol. The second-order valence-corrected chi connectivity index (χ2v) is 7.71. The largest absolute Gasteiger partial charge is 0.298 e. The highest BCUT2D eigenvalue weighted by molar-refractivity contribution is 8.07. The number of benzene rings is 1. The maximum Gasteiger partial charge on any atom is 0.151 e. The zero-order valence-corrected chi connectivity index (χ0v) is 12.4. The zero-order chi connectivity index (χ0) is 12.4. The van der Waals surface area contributed by atoms with Crippen LogP contribution in [0.1, 0.15) is 5.56 Å². The van der Waals surface area contributed by atoms with Crippen molar-refractivity contribution in [1.82, 2.24) is 0 Å². The number of ketones is 1. The summed E-state index contributed by atoms with van der Waals surface area (Å²) in [5, 5.41) is 3.61. The van der Waals surface area contributed by atoms with Crippen molar-refractivity contribution < 1.29 is 4.79 Å². The van der Waals surface area contributed by atoms with Crippen molar-refractivity contribution >= 4 is 50.7 Å². The molecule has 4 heteroatoms. The number of thiophene rings is 1. The molecule has 18 heavy (non-hydrogen) atoms. The average Bonchev–Trinajstić information content (AvgIpc) is 2.83. The Morgan fingerprint density at radius 2 is 2.17 bits per heavy atom. The van der Waals surface area contributed by atoms with E-state index in [4.69, 9.17) is 0 Å². The highest BCUT2D eigenvalue weighted by atomic mass is 32.2. The molecule has 1 aromatic carbocycles. The zero-order valence-electron chi connectivity index (χ0n) is 9.93. The number of thioether (sulfide) groups is 2. The van der Waals surface area contributed by atoms with Gasteiger partial charge < -0.3 is 0 Å². The number of hydrogen-bond donors (Lipinski definition) is 0. The molecule has 94 valence electrons. The fourth-order valence-electron chi connectivity index (χ4n) is 2.14. The number of carbonyl (C=O) groups excluding carboxylic acids is 1. The summed E-state index contributed by atoms with van der Waals surface area (Å²) in [4.78, 5) is 12.3.